The molecule has 7 nitrogen and oxygen atoms in total. The molecule has 1 N–H and O–H groups in total. The highest BCUT2D eigenvalue weighted by molar-refractivity contribution is 6.02. The van der Waals surface area contributed by atoms with Gasteiger partial charge in [-0.2, -0.15) is 0 Å². The molecular formula is C23H28N2O5. The van der Waals surface area contributed by atoms with E-state index in [1.807, 2.05) is 0 Å². The van der Waals surface area contributed by atoms with Crippen molar-refractivity contribution < 1.29 is 23.9 Å². The SMILES string of the molecule is CC(C)CCOc1ccc(C(=O)OCC(=O)c2c[nH]c(C(=O)N3CCCC3)c2)cc1. The number of Topliss-reactive ketones (excluding diaryl/α,β-unsaturated/α-hetero) is 1. The standard InChI is InChI=1S/C23H28N2O5/c1-16(2)9-12-29-19-7-5-17(6-8-19)23(28)30-15-21(26)18-13-20(24-14-18)22(27)25-10-3-4-11-25/h5-8,13-14,16,24H,3-4,9-12,15H2,1-2H3. The Hall–Kier alpha value is -3.09. The van der Waals surface area contributed by atoms with Gasteiger partial charge in [0.2, 0.25) is 5.78 Å². The lowest BCUT2D eigenvalue weighted by Gasteiger charge is -2.13. The number of aromatic nitrogens is 1. The molecule has 0 spiro atoms. The summed E-state index contributed by atoms with van der Waals surface area (Å²) in [4.78, 5) is 41.5. The average Bonchev–Trinajstić information content (AvgIpc) is 3.44. The van der Waals surface area contributed by atoms with Gasteiger partial charge >= 0.3 is 5.97 Å². The first-order valence-electron chi connectivity index (χ1n) is 10.3. The molecule has 0 bridgehead atoms. The maximum absolute atomic E-state index is 12.3. The molecule has 1 aliphatic heterocycles. The van der Waals surface area contributed by atoms with E-state index in [4.69, 9.17) is 9.47 Å². The Labute approximate surface area is 176 Å². The zero-order valence-corrected chi connectivity index (χ0v) is 17.5. The summed E-state index contributed by atoms with van der Waals surface area (Å²) >= 11 is 0. The van der Waals surface area contributed by atoms with Crippen LogP contribution < -0.4 is 4.74 Å². The molecule has 1 amide bonds. The third-order valence-electron chi connectivity index (χ3n) is 5.02. The minimum atomic E-state index is -0.582. The lowest BCUT2D eigenvalue weighted by atomic mass is 10.1. The fraction of sp³-hybridized carbons (Fsp3) is 0.435. The number of nitrogens with zero attached hydrogens (tertiary/aromatic N) is 1. The van der Waals surface area contributed by atoms with Crippen molar-refractivity contribution >= 4 is 17.7 Å². The molecule has 1 aromatic carbocycles. The first-order valence-corrected chi connectivity index (χ1v) is 10.3. The predicted molar refractivity (Wildman–Crippen MR) is 112 cm³/mol. The van der Waals surface area contributed by atoms with Crippen molar-refractivity contribution in [2.24, 2.45) is 5.92 Å². The first kappa shape index (κ1) is 21.6. The van der Waals surface area contributed by atoms with Gasteiger partial charge in [0.05, 0.1) is 12.2 Å². The van der Waals surface area contributed by atoms with Gasteiger partial charge in [-0.3, -0.25) is 9.59 Å². The monoisotopic (exact) mass is 412 g/mol. The maximum Gasteiger partial charge on any atom is 0.338 e. The second-order valence-electron chi connectivity index (χ2n) is 7.86. The van der Waals surface area contributed by atoms with Gasteiger partial charge in [-0.15, -0.1) is 0 Å². The highest BCUT2D eigenvalue weighted by atomic mass is 16.5. The van der Waals surface area contributed by atoms with Gasteiger partial charge in [-0.1, -0.05) is 13.8 Å². The molecule has 2 heterocycles. The second kappa shape index (κ2) is 10.1. The Kier molecular flexibility index (Phi) is 7.27. The summed E-state index contributed by atoms with van der Waals surface area (Å²) < 4.78 is 10.8. The summed E-state index contributed by atoms with van der Waals surface area (Å²) in [5.74, 6) is 0.186. The molecule has 1 fully saturated rings. The highest BCUT2D eigenvalue weighted by Crippen LogP contribution is 2.16. The van der Waals surface area contributed by atoms with Gasteiger partial charge in [0.25, 0.3) is 5.91 Å². The Bertz CT molecular complexity index is 879. The number of amides is 1. The Morgan fingerprint density at radius 3 is 2.43 bits per heavy atom. The number of likely N-dealkylation sites (tertiary alicyclic amines) is 1. The summed E-state index contributed by atoms with van der Waals surface area (Å²) in [6.07, 6.45) is 4.43. The third-order valence-corrected chi connectivity index (χ3v) is 5.02. The molecule has 3 rings (SSSR count). The molecule has 0 unspecified atom stereocenters. The van der Waals surface area contributed by atoms with Crippen LogP contribution in [-0.2, 0) is 4.74 Å². The molecule has 2 aromatic rings. The number of nitrogens with one attached hydrogen (secondary N) is 1. The highest BCUT2D eigenvalue weighted by Gasteiger charge is 2.22. The number of hydrogen-bond acceptors (Lipinski definition) is 5. The number of carbonyl (C=O) groups is 3. The van der Waals surface area contributed by atoms with Crippen molar-refractivity contribution in [2.75, 3.05) is 26.3 Å². The van der Waals surface area contributed by atoms with Gasteiger partial charge in [-0.05, 0) is 55.5 Å². The number of ether oxygens (including phenoxy) is 2. The van der Waals surface area contributed by atoms with Crippen molar-refractivity contribution in [1.82, 2.24) is 9.88 Å². The number of ketones is 1. The molecule has 0 atom stereocenters. The van der Waals surface area contributed by atoms with Gasteiger partial charge in [0.15, 0.2) is 6.61 Å². The normalized spacial score (nSPS) is 13.5. The molecule has 0 radical (unpaired) electrons. The summed E-state index contributed by atoms with van der Waals surface area (Å²) in [6.45, 7) is 5.96. The van der Waals surface area contributed by atoms with Crippen molar-refractivity contribution in [2.45, 2.75) is 33.1 Å². The fourth-order valence-electron chi connectivity index (χ4n) is 3.17. The summed E-state index contributed by atoms with van der Waals surface area (Å²) in [6, 6.07) is 8.16. The fourth-order valence-corrected chi connectivity index (χ4v) is 3.17. The van der Waals surface area contributed by atoms with Crippen LogP contribution >= 0.6 is 0 Å². The van der Waals surface area contributed by atoms with Crippen LogP contribution in [0.5, 0.6) is 5.75 Å². The number of hydrogen-bond donors (Lipinski definition) is 1. The van der Waals surface area contributed by atoms with E-state index in [1.165, 1.54) is 12.3 Å². The zero-order chi connectivity index (χ0) is 21.5. The number of H-pyrrole nitrogens is 1. The molecular weight excluding hydrogens is 384 g/mol. The molecule has 0 aliphatic carbocycles. The molecule has 1 aliphatic rings. The van der Waals surface area contributed by atoms with Crippen molar-refractivity contribution in [3.8, 4) is 5.75 Å². The Morgan fingerprint density at radius 1 is 1.07 bits per heavy atom. The van der Waals surface area contributed by atoms with Gasteiger partial charge < -0.3 is 19.4 Å². The van der Waals surface area contributed by atoms with Crippen LogP contribution in [0.4, 0.5) is 0 Å². The minimum Gasteiger partial charge on any atom is -0.494 e. The first-order chi connectivity index (χ1) is 14.4. The smallest absolute Gasteiger partial charge is 0.338 e. The minimum absolute atomic E-state index is 0.112. The van der Waals surface area contributed by atoms with E-state index in [0.717, 1.165) is 32.4 Å². The Balaban J connectivity index is 1.48. The van der Waals surface area contributed by atoms with Gasteiger partial charge in [-0.25, -0.2) is 4.79 Å². The van der Waals surface area contributed by atoms with Crippen LogP contribution in [0, 0.1) is 5.92 Å². The number of esters is 1. The van der Waals surface area contributed by atoms with E-state index < -0.39 is 5.97 Å². The molecule has 0 saturated carbocycles. The van der Waals surface area contributed by atoms with Gasteiger partial charge in [0, 0.05) is 24.8 Å². The van der Waals surface area contributed by atoms with E-state index in [1.54, 1.807) is 29.2 Å². The summed E-state index contributed by atoms with van der Waals surface area (Å²) in [7, 11) is 0. The topological polar surface area (TPSA) is 88.7 Å². The van der Waals surface area contributed by atoms with Crippen LogP contribution in [0.2, 0.25) is 0 Å². The largest absolute Gasteiger partial charge is 0.494 e. The number of aromatic amines is 1. The summed E-state index contributed by atoms with van der Waals surface area (Å²) in [5.41, 5.74) is 1.04. The number of rotatable bonds is 9. The second-order valence-corrected chi connectivity index (χ2v) is 7.86. The van der Waals surface area contributed by atoms with Crippen LogP contribution in [0.3, 0.4) is 0 Å². The quantitative estimate of drug-likeness (QED) is 0.501. The molecule has 1 aromatic heterocycles. The average molecular weight is 412 g/mol. The number of carbonyl (C=O) groups excluding carboxylic acids is 3. The molecule has 1 saturated heterocycles. The molecule has 160 valence electrons. The van der Waals surface area contributed by atoms with E-state index in [2.05, 4.69) is 18.8 Å². The molecule has 30 heavy (non-hydrogen) atoms. The lowest BCUT2D eigenvalue weighted by molar-refractivity contribution is 0.0474. The number of benzene rings is 1. The van der Waals surface area contributed by atoms with E-state index >= 15 is 0 Å². The lowest BCUT2D eigenvalue weighted by Crippen LogP contribution is -2.27. The van der Waals surface area contributed by atoms with E-state index in [0.29, 0.717) is 35.1 Å². The summed E-state index contributed by atoms with van der Waals surface area (Å²) in [5, 5.41) is 0. The van der Waals surface area contributed by atoms with Crippen molar-refractivity contribution in [1.29, 1.82) is 0 Å². The van der Waals surface area contributed by atoms with Crippen LogP contribution in [0.1, 0.15) is 64.3 Å². The molecule has 7 heteroatoms. The van der Waals surface area contributed by atoms with Gasteiger partial charge in [0.1, 0.15) is 11.4 Å². The van der Waals surface area contributed by atoms with Crippen LogP contribution in [-0.4, -0.2) is 53.8 Å². The van der Waals surface area contributed by atoms with E-state index in [-0.39, 0.29) is 18.3 Å². The van der Waals surface area contributed by atoms with Crippen molar-refractivity contribution in [3.63, 3.8) is 0 Å². The van der Waals surface area contributed by atoms with E-state index in [9.17, 15) is 14.4 Å². The zero-order valence-electron chi connectivity index (χ0n) is 17.5. The van der Waals surface area contributed by atoms with Crippen LogP contribution in [0.15, 0.2) is 36.5 Å². The predicted octanol–water partition coefficient (Wildman–Crippen LogP) is 3.72. The van der Waals surface area contributed by atoms with Crippen LogP contribution in [0.25, 0.3) is 0 Å². The maximum atomic E-state index is 12.3. The van der Waals surface area contributed by atoms with Crippen molar-refractivity contribution in [3.05, 3.63) is 53.3 Å². The third kappa shape index (κ3) is 5.72. The Morgan fingerprint density at radius 2 is 1.77 bits per heavy atom.